The summed E-state index contributed by atoms with van der Waals surface area (Å²) in [6.07, 6.45) is 7.14. The van der Waals surface area contributed by atoms with Crippen molar-refractivity contribution in [1.82, 2.24) is 0 Å². The van der Waals surface area contributed by atoms with E-state index >= 15 is 4.39 Å². The van der Waals surface area contributed by atoms with Crippen LogP contribution in [0.4, 0.5) is 13.2 Å². The predicted molar refractivity (Wildman–Crippen MR) is 126 cm³/mol. The van der Waals surface area contributed by atoms with Crippen molar-refractivity contribution in [3.05, 3.63) is 77.1 Å². The van der Waals surface area contributed by atoms with Crippen molar-refractivity contribution in [2.24, 2.45) is 5.92 Å². The van der Waals surface area contributed by atoms with Gasteiger partial charge < -0.3 is 9.47 Å². The van der Waals surface area contributed by atoms with Gasteiger partial charge in [0.2, 0.25) is 0 Å². The molecule has 1 fully saturated rings. The molecule has 0 spiro atoms. The van der Waals surface area contributed by atoms with Crippen LogP contribution in [0, 0.1) is 11.7 Å². The lowest BCUT2D eigenvalue weighted by Crippen LogP contribution is -2.14. The van der Waals surface area contributed by atoms with Gasteiger partial charge in [-0.2, -0.15) is 8.78 Å². The Labute approximate surface area is 193 Å². The van der Waals surface area contributed by atoms with Crippen LogP contribution in [-0.2, 0) is 17.6 Å². The number of rotatable bonds is 9. The maximum Gasteiger partial charge on any atom is 0.387 e. The summed E-state index contributed by atoms with van der Waals surface area (Å²) < 4.78 is 49.4. The Hall–Kier alpha value is -2.53. The third-order valence-corrected chi connectivity index (χ3v) is 6.94. The zero-order valence-corrected chi connectivity index (χ0v) is 19.0. The third-order valence-electron chi connectivity index (χ3n) is 6.94. The predicted octanol–water partition coefficient (Wildman–Crippen LogP) is 7.68. The van der Waals surface area contributed by atoms with Crippen LogP contribution < -0.4 is 4.74 Å². The average molecular weight is 457 g/mol. The molecule has 0 saturated heterocycles. The van der Waals surface area contributed by atoms with E-state index in [4.69, 9.17) is 4.74 Å². The number of hydrogen-bond acceptors (Lipinski definition) is 2. The highest BCUT2D eigenvalue weighted by atomic mass is 19.3. The fourth-order valence-corrected chi connectivity index (χ4v) is 4.99. The van der Waals surface area contributed by atoms with Crippen molar-refractivity contribution >= 4 is 10.8 Å². The number of halogens is 3. The number of benzene rings is 3. The molecular weight excluding hydrogens is 425 g/mol. The van der Waals surface area contributed by atoms with Crippen LogP contribution in [0.3, 0.4) is 0 Å². The minimum atomic E-state index is -2.83. The average Bonchev–Trinajstić information content (AvgIpc) is 2.83. The highest BCUT2D eigenvalue weighted by Gasteiger charge is 2.22. The number of alkyl halides is 2. The van der Waals surface area contributed by atoms with Gasteiger partial charge in [-0.1, -0.05) is 42.5 Å². The molecule has 0 heterocycles. The molecular formula is C28H31F3O2. The molecule has 1 aliphatic rings. The quantitative estimate of drug-likeness (QED) is 0.329. The van der Waals surface area contributed by atoms with Gasteiger partial charge in [-0.25, -0.2) is 4.39 Å². The molecule has 0 N–H and O–H groups in total. The van der Waals surface area contributed by atoms with Gasteiger partial charge >= 0.3 is 6.61 Å². The summed E-state index contributed by atoms with van der Waals surface area (Å²) in [6.45, 7) is -2.00. The molecule has 3 aromatic carbocycles. The van der Waals surface area contributed by atoms with Gasteiger partial charge in [-0.15, -0.1) is 0 Å². The van der Waals surface area contributed by atoms with E-state index in [1.165, 1.54) is 43.4 Å². The summed E-state index contributed by atoms with van der Waals surface area (Å²) in [5.41, 5.74) is 2.93. The number of fused-ring (bicyclic) bond motifs is 1. The normalized spacial score (nSPS) is 18.7. The van der Waals surface area contributed by atoms with E-state index in [2.05, 4.69) is 16.9 Å². The van der Waals surface area contributed by atoms with Crippen LogP contribution in [0.2, 0.25) is 0 Å². The molecule has 33 heavy (non-hydrogen) atoms. The minimum Gasteiger partial charge on any atom is -0.435 e. The van der Waals surface area contributed by atoms with E-state index in [9.17, 15) is 8.78 Å². The second-order valence-corrected chi connectivity index (χ2v) is 9.04. The molecule has 3 aromatic rings. The number of methoxy groups -OCH3 is 1. The molecule has 0 unspecified atom stereocenters. The fraction of sp³-hybridized carbons (Fsp3) is 0.429. The van der Waals surface area contributed by atoms with Crippen LogP contribution in [-0.4, -0.2) is 20.3 Å². The van der Waals surface area contributed by atoms with Gasteiger partial charge in [0, 0.05) is 19.1 Å². The molecule has 0 radical (unpaired) electrons. The molecule has 4 rings (SSSR count). The van der Waals surface area contributed by atoms with Gasteiger partial charge in [0.15, 0.2) is 0 Å². The van der Waals surface area contributed by atoms with Crippen molar-refractivity contribution in [2.45, 2.75) is 57.5 Å². The highest BCUT2D eigenvalue weighted by molar-refractivity contribution is 5.84. The Kier molecular flexibility index (Phi) is 7.92. The lowest BCUT2D eigenvalue weighted by molar-refractivity contribution is -0.0498. The van der Waals surface area contributed by atoms with Crippen LogP contribution in [0.5, 0.6) is 5.75 Å². The summed E-state index contributed by atoms with van der Waals surface area (Å²) in [5, 5.41) is 1.61. The SMILES string of the molecule is COCCC1CCC(c2ccc3c(F)c(CCc4ccc(OC(F)F)cc4)ccc3c2)CC1. The second-order valence-electron chi connectivity index (χ2n) is 9.04. The first-order chi connectivity index (χ1) is 16.0. The smallest absolute Gasteiger partial charge is 0.387 e. The molecule has 0 amide bonds. The van der Waals surface area contributed by atoms with E-state index in [0.29, 0.717) is 29.7 Å². The first kappa shape index (κ1) is 23.6. The first-order valence-electron chi connectivity index (χ1n) is 11.8. The molecule has 1 saturated carbocycles. The number of hydrogen-bond donors (Lipinski definition) is 0. The maximum atomic E-state index is 15.2. The lowest BCUT2D eigenvalue weighted by Gasteiger charge is -2.29. The third kappa shape index (κ3) is 6.08. The molecule has 5 heteroatoms. The van der Waals surface area contributed by atoms with Crippen molar-refractivity contribution in [1.29, 1.82) is 0 Å². The summed E-state index contributed by atoms with van der Waals surface area (Å²) in [5.74, 6) is 1.27. The Morgan fingerprint density at radius 2 is 1.67 bits per heavy atom. The van der Waals surface area contributed by atoms with Crippen LogP contribution >= 0.6 is 0 Å². The Balaban J connectivity index is 1.40. The maximum absolute atomic E-state index is 15.2. The van der Waals surface area contributed by atoms with Crippen LogP contribution in [0.15, 0.2) is 54.6 Å². The van der Waals surface area contributed by atoms with E-state index in [0.717, 1.165) is 29.9 Å². The Morgan fingerprint density at radius 1 is 0.909 bits per heavy atom. The van der Waals surface area contributed by atoms with Crippen molar-refractivity contribution in [2.75, 3.05) is 13.7 Å². The van der Waals surface area contributed by atoms with Gasteiger partial charge in [0.25, 0.3) is 0 Å². The topological polar surface area (TPSA) is 18.5 Å². The Bertz CT molecular complexity index is 1040. The summed E-state index contributed by atoms with van der Waals surface area (Å²) in [4.78, 5) is 0. The van der Waals surface area contributed by atoms with Gasteiger partial charge in [-0.05, 0) is 91.0 Å². The monoisotopic (exact) mass is 456 g/mol. The molecule has 176 valence electrons. The largest absolute Gasteiger partial charge is 0.435 e. The lowest BCUT2D eigenvalue weighted by atomic mass is 9.77. The van der Waals surface area contributed by atoms with Gasteiger partial charge in [0.05, 0.1) is 0 Å². The molecule has 0 aliphatic heterocycles. The van der Waals surface area contributed by atoms with Crippen LogP contribution in [0.25, 0.3) is 10.8 Å². The second kappa shape index (κ2) is 11.1. The zero-order valence-electron chi connectivity index (χ0n) is 19.0. The Morgan fingerprint density at radius 3 is 2.36 bits per heavy atom. The summed E-state index contributed by atoms with van der Waals surface area (Å²) in [6, 6.07) is 16.6. The first-order valence-corrected chi connectivity index (χ1v) is 11.8. The minimum absolute atomic E-state index is 0.130. The van der Waals surface area contributed by atoms with E-state index in [1.54, 1.807) is 19.2 Å². The number of ether oxygens (including phenoxy) is 2. The van der Waals surface area contributed by atoms with Crippen molar-refractivity contribution in [3.8, 4) is 5.75 Å². The van der Waals surface area contributed by atoms with E-state index < -0.39 is 6.61 Å². The molecule has 2 nitrogen and oxygen atoms in total. The van der Waals surface area contributed by atoms with Gasteiger partial charge in [-0.3, -0.25) is 0 Å². The van der Waals surface area contributed by atoms with Crippen LogP contribution in [0.1, 0.15) is 54.7 Å². The van der Waals surface area contributed by atoms with Crippen molar-refractivity contribution in [3.63, 3.8) is 0 Å². The number of aryl methyl sites for hydroxylation is 2. The molecule has 1 aliphatic carbocycles. The zero-order chi connectivity index (χ0) is 23.2. The fourth-order valence-electron chi connectivity index (χ4n) is 4.99. The summed E-state index contributed by atoms with van der Waals surface area (Å²) >= 11 is 0. The van der Waals surface area contributed by atoms with Crippen molar-refractivity contribution < 1.29 is 22.6 Å². The summed E-state index contributed by atoms with van der Waals surface area (Å²) in [7, 11) is 1.76. The van der Waals surface area contributed by atoms with E-state index in [-0.39, 0.29) is 11.6 Å². The van der Waals surface area contributed by atoms with E-state index in [1.807, 2.05) is 18.2 Å². The standard InChI is InChI=1S/C28H31F3O2/c1-32-17-16-20-2-7-21(8-3-20)23-12-15-26-24(18-23)11-10-22(27(26)29)9-4-19-5-13-25(14-6-19)33-28(30)31/h5-6,10-15,18,20-21,28H,2-4,7-9,16-17H2,1H3. The highest BCUT2D eigenvalue weighted by Crippen LogP contribution is 2.38. The van der Waals surface area contributed by atoms with Gasteiger partial charge in [0.1, 0.15) is 11.6 Å². The molecule has 0 bridgehead atoms. The molecule has 0 atom stereocenters. The molecule has 0 aromatic heterocycles.